The van der Waals surface area contributed by atoms with E-state index in [9.17, 15) is 9.59 Å². The molecule has 2 N–H and O–H groups in total. The van der Waals surface area contributed by atoms with Gasteiger partial charge in [-0.15, -0.1) is 0 Å². The third-order valence-corrected chi connectivity index (χ3v) is 5.27. The zero-order chi connectivity index (χ0) is 20.2. The molecule has 4 aromatic rings. The second-order valence-corrected chi connectivity index (χ2v) is 7.61. The second-order valence-electron chi connectivity index (χ2n) is 6.57. The summed E-state index contributed by atoms with van der Waals surface area (Å²) in [5, 5.41) is 3.33. The summed E-state index contributed by atoms with van der Waals surface area (Å²) in [4.78, 5) is 36.1. The van der Waals surface area contributed by atoms with Gasteiger partial charge < -0.3 is 15.0 Å². The quantitative estimate of drug-likeness (QED) is 0.483. The predicted molar refractivity (Wildman–Crippen MR) is 115 cm³/mol. The lowest BCUT2D eigenvalue weighted by Crippen LogP contribution is -2.18. The lowest BCUT2D eigenvalue weighted by atomic mass is 10.2. The Kier molecular flexibility index (Phi) is 5.53. The summed E-state index contributed by atoms with van der Waals surface area (Å²) in [5.41, 5.74) is 2.27. The molecule has 0 atom stereocenters. The van der Waals surface area contributed by atoms with Gasteiger partial charge in [-0.1, -0.05) is 30.4 Å². The summed E-state index contributed by atoms with van der Waals surface area (Å²) in [7, 11) is 0. The van der Waals surface area contributed by atoms with Crippen LogP contribution in [0.3, 0.4) is 0 Å². The summed E-state index contributed by atoms with van der Waals surface area (Å²) in [6.45, 7) is 2.72. The zero-order valence-corrected chi connectivity index (χ0v) is 16.7. The molecule has 0 bridgehead atoms. The molecule has 1 amide bonds. The molecule has 0 fully saturated rings. The van der Waals surface area contributed by atoms with Crippen LogP contribution in [-0.2, 0) is 11.2 Å². The van der Waals surface area contributed by atoms with E-state index in [-0.39, 0.29) is 24.3 Å². The Morgan fingerprint density at radius 3 is 2.90 bits per heavy atom. The first kappa shape index (κ1) is 19.1. The van der Waals surface area contributed by atoms with Crippen LogP contribution >= 0.6 is 11.3 Å². The molecule has 7 nitrogen and oxygen atoms in total. The van der Waals surface area contributed by atoms with Crippen molar-refractivity contribution in [1.82, 2.24) is 15.0 Å². The normalized spacial score (nSPS) is 11.1. The number of aromatic nitrogens is 3. The van der Waals surface area contributed by atoms with Crippen molar-refractivity contribution in [1.29, 1.82) is 0 Å². The van der Waals surface area contributed by atoms with Gasteiger partial charge in [-0.05, 0) is 36.8 Å². The van der Waals surface area contributed by atoms with Crippen LogP contribution in [0.4, 0.5) is 5.13 Å². The van der Waals surface area contributed by atoms with Crippen molar-refractivity contribution >= 4 is 43.6 Å². The Bertz CT molecular complexity index is 1230. The smallest absolute Gasteiger partial charge is 0.270 e. The van der Waals surface area contributed by atoms with Gasteiger partial charge in [-0.3, -0.25) is 9.59 Å². The molecule has 4 rings (SSSR count). The molecular formula is C21H20N4O3S. The molecule has 0 aliphatic rings. The Morgan fingerprint density at radius 1 is 1.17 bits per heavy atom. The number of benzene rings is 2. The minimum absolute atomic E-state index is 0.148. The van der Waals surface area contributed by atoms with E-state index in [2.05, 4.69) is 27.2 Å². The summed E-state index contributed by atoms with van der Waals surface area (Å²) < 4.78 is 6.58. The van der Waals surface area contributed by atoms with Crippen LogP contribution in [0, 0.1) is 0 Å². The third kappa shape index (κ3) is 4.43. The van der Waals surface area contributed by atoms with E-state index in [0.29, 0.717) is 28.5 Å². The Morgan fingerprint density at radius 2 is 2.03 bits per heavy atom. The average Bonchev–Trinajstić information content (AvgIpc) is 3.12. The fourth-order valence-corrected chi connectivity index (χ4v) is 3.83. The molecule has 0 spiro atoms. The topological polar surface area (TPSA) is 97.0 Å². The molecule has 2 heterocycles. The molecule has 0 saturated heterocycles. The number of ether oxygens (including phenoxy) is 1. The van der Waals surface area contributed by atoms with E-state index >= 15 is 0 Å². The van der Waals surface area contributed by atoms with Crippen LogP contribution in [0.5, 0.6) is 5.75 Å². The minimum Gasteiger partial charge on any atom is -0.494 e. The number of para-hydroxylation sites is 2. The highest BCUT2D eigenvalue weighted by atomic mass is 32.1. The standard InChI is InChI=1S/C21H20N4O3S/c1-2-11-28-13-7-8-16-18(12-13)29-21(24-16)25-19(26)10-9-17-20(27)23-15-6-4-3-5-14(15)22-17/h3-8,12H,2,9-11H2,1H3,(H,23,27)(H,24,25,26). The molecule has 0 unspecified atom stereocenters. The minimum atomic E-state index is -0.268. The maximum Gasteiger partial charge on any atom is 0.270 e. The lowest BCUT2D eigenvalue weighted by Gasteiger charge is -2.03. The van der Waals surface area contributed by atoms with Gasteiger partial charge in [0.25, 0.3) is 5.56 Å². The Labute approximate surface area is 170 Å². The van der Waals surface area contributed by atoms with E-state index in [4.69, 9.17) is 4.74 Å². The maximum atomic E-state index is 12.3. The highest BCUT2D eigenvalue weighted by molar-refractivity contribution is 7.22. The van der Waals surface area contributed by atoms with Crippen molar-refractivity contribution < 1.29 is 9.53 Å². The fraction of sp³-hybridized carbons (Fsp3) is 0.238. The van der Waals surface area contributed by atoms with E-state index < -0.39 is 0 Å². The van der Waals surface area contributed by atoms with Crippen LogP contribution < -0.4 is 15.6 Å². The number of nitrogens with one attached hydrogen (secondary N) is 2. The summed E-state index contributed by atoms with van der Waals surface area (Å²) in [6.07, 6.45) is 1.35. The van der Waals surface area contributed by atoms with Crippen molar-refractivity contribution in [3.63, 3.8) is 0 Å². The number of hydrogen-bond donors (Lipinski definition) is 2. The SMILES string of the molecule is CCCOc1ccc2nc(NC(=O)CCc3nc4ccccc4[nH]c3=O)sc2c1. The zero-order valence-electron chi connectivity index (χ0n) is 15.9. The van der Waals surface area contributed by atoms with Gasteiger partial charge in [-0.25, -0.2) is 9.97 Å². The summed E-state index contributed by atoms with van der Waals surface area (Å²) in [6, 6.07) is 13.0. The number of thiazole rings is 1. The molecule has 8 heteroatoms. The summed E-state index contributed by atoms with van der Waals surface area (Å²) >= 11 is 1.39. The van der Waals surface area contributed by atoms with Gasteiger partial charge in [0.05, 0.1) is 27.9 Å². The Balaban J connectivity index is 1.42. The van der Waals surface area contributed by atoms with Crippen molar-refractivity contribution in [2.24, 2.45) is 0 Å². The van der Waals surface area contributed by atoms with Gasteiger partial charge >= 0.3 is 0 Å². The summed E-state index contributed by atoms with van der Waals surface area (Å²) in [5.74, 6) is 0.586. The van der Waals surface area contributed by atoms with E-state index in [1.54, 1.807) is 6.07 Å². The van der Waals surface area contributed by atoms with Gasteiger partial charge in [-0.2, -0.15) is 0 Å². The molecule has 2 aromatic carbocycles. The number of amides is 1. The molecular weight excluding hydrogens is 388 g/mol. The number of aryl methyl sites for hydroxylation is 1. The average molecular weight is 408 g/mol. The van der Waals surface area contributed by atoms with Crippen molar-refractivity contribution in [3.8, 4) is 5.75 Å². The molecule has 0 aliphatic carbocycles. The molecule has 0 aliphatic heterocycles. The van der Waals surface area contributed by atoms with E-state index in [1.165, 1.54) is 11.3 Å². The number of carbonyl (C=O) groups is 1. The van der Waals surface area contributed by atoms with Crippen molar-refractivity contribution in [2.45, 2.75) is 26.2 Å². The van der Waals surface area contributed by atoms with Crippen LogP contribution in [-0.4, -0.2) is 27.5 Å². The Hall–Kier alpha value is -3.26. The molecule has 29 heavy (non-hydrogen) atoms. The number of rotatable bonds is 7. The number of nitrogens with zero attached hydrogens (tertiary/aromatic N) is 2. The number of hydrogen-bond acceptors (Lipinski definition) is 6. The van der Waals surface area contributed by atoms with Crippen LogP contribution in [0.2, 0.25) is 0 Å². The van der Waals surface area contributed by atoms with Crippen LogP contribution in [0.15, 0.2) is 47.3 Å². The number of carbonyl (C=O) groups excluding carboxylic acids is 1. The highest BCUT2D eigenvalue weighted by Gasteiger charge is 2.11. The first-order valence-electron chi connectivity index (χ1n) is 9.43. The number of aromatic amines is 1. The first-order valence-corrected chi connectivity index (χ1v) is 10.2. The molecule has 2 aromatic heterocycles. The monoisotopic (exact) mass is 408 g/mol. The van der Waals surface area contributed by atoms with E-state index in [1.807, 2.05) is 36.4 Å². The van der Waals surface area contributed by atoms with Gasteiger partial charge in [0.1, 0.15) is 11.4 Å². The van der Waals surface area contributed by atoms with Crippen LogP contribution in [0.25, 0.3) is 21.3 Å². The lowest BCUT2D eigenvalue weighted by molar-refractivity contribution is -0.116. The van der Waals surface area contributed by atoms with Gasteiger partial charge in [0.15, 0.2) is 5.13 Å². The number of H-pyrrole nitrogens is 1. The van der Waals surface area contributed by atoms with Gasteiger partial charge in [0, 0.05) is 12.8 Å². The maximum absolute atomic E-state index is 12.3. The van der Waals surface area contributed by atoms with Gasteiger partial charge in [0.2, 0.25) is 5.91 Å². The predicted octanol–water partition coefficient (Wildman–Crippen LogP) is 3.89. The number of fused-ring (bicyclic) bond motifs is 2. The molecule has 148 valence electrons. The largest absolute Gasteiger partial charge is 0.494 e. The van der Waals surface area contributed by atoms with E-state index in [0.717, 1.165) is 22.4 Å². The highest BCUT2D eigenvalue weighted by Crippen LogP contribution is 2.29. The fourth-order valence-electron chi connectivity index (χ4n) is 2.92. The number of anilines is 1. The third-order valence-electron chi connectivity index (χ3n) is 4.34. The molecule has 0 saturated carbocycles. The van der Waals surface area contributed by atoms with Crippen molar-refractivity contribution in [2.75, 3.05) is 11.9 Å². The first-order chi connectivity index (χ1) is 14.1. The molecule has 0 radical (unpaired) electrons. The van der Waals surface area contributed by atoms with Crippen LogP contribution in [0.1, 0.15) is 25.5 Å². The van der Waals surface area contributed by atoms with Crippen molar-refractivity contribution in [3.05, 3.63) is 58.5 Å². The second kappa shape index (κ2) is 8.40.